The number of benzene rings is 1. The van der Waals surface area contributed by atoms with Crippen molar-refractivity contribution in [1.82, 2.24) is 15.1 Å². The molecule has 1 spiro atoms. The SMILES string of the molecule is Cc1ccc([C@]23C[C@H]2CN(C(=O)C(=O)NC2CC4(C2)CC(N(C)C)C4)C3)cc1. The van der Waals surface area contributed by atoms with Gasteiger partial charge in [0.25, 0.3) is 0 Å². The summed E-state index contributed by atoms with van der Waals surface area (Å²) in [4.78, 5) is 29.3. The van der Waals surface area contributed by atoms with Gasteiger partial charge in [-0.15, -0.1) is 0 Å². The number of amides is 2. The molecule has 3 saturated carbocycles. The Kier molecular flexibility index (Phi) is 3.93. The number of fused-ring (bicyclic) bond motifs is 1. The van der Waals surface area contributed by atoms with Gasteiger partial charge in [0.15, 0.2) is 0 Å². The molecule has 1 heterocycles. The van der Waals surface area contributed by atoms with Gasteiger partial charge in [-0.05, 0) is 70.0 Å². The summed E-state index contributed by atoms with van der Waals surface area (Å²) in [6.45, 7) is 3.50. The molecule has 1 aromatic rings. The Morgan fingerprint density at radius 1 is 1.07 bits per heavy atom. The molecule has 2 atom stereocenters. The number of nitrogens with zero attached hydrogens (tertiary/aromatic N) is 2. The first-order chi connectivity index (χ1) is 13.3. The van der Waals surface area contributed by atoms with Gasteiger partial charge in [-0.3, -0.25) is 9.59 Å². The molecule has 0 bridgehead atoms. The molecule has 1 aliphatic heterocycles. The number of hydrogen-bond acceptors (Lipinski definition) is 3. The number of nitrogens with one attached hydrogen (secondary N) is 1. The van der Waals surface area contributed by atoms with E-state index in [2.05, 4.69) is 55.5 Å². The highest BCUT2D eigenvalue weighted by atomic mass is 16.2. The van der Waals surface area contributed by atoms with Crippen LogP contribution in [0.5, 0.6) is 0 Å². The summed E-state index contributed by atoms with van der Waals surface area (Å²) in [5.41, 5.74) is 3.10. The first-order valence-electron chi connectivity index (χ1n) is 10.6. The van der Waals surface area contributed by atoms with Crippen LogP contribution in [0.25, 0.3) is 0 Å². The van der Waals surface area contributed by atoms with Crippen LogP contribution in [0.3, 0.4) is 0 Å². The average Bonchev–Trinajstić information content (AvgIpc) is 3.16. The topological polar surface area (TPSA) is 52.7 Å². The number of rotatable bonds is 3. The van der Waals surface area contributed by atoms with Crippen molar-refractivity contribution in [2.45, 2.75) is 56.5 Å². The fourth-order valence-corrected chi connectivity index (χ4v) is 6.09. The van der Waals surface area contributed by atoms with E-state index in [-0.39, 0.29) is 17.4 Å². The Morgan fingerprint density at radius 2 is 1.75 bits per heavy atom. The van der Waals surface area contributed by atoms with Gasteiger partial charge in [0.05, 0.1) is 0 Å². The second-order valence-corrected chi connectivity index (χ2v) is 10.2. The highest BCUT2D eigenvalue weighted by molar-refractivity contribution is 6.35. The Bertz CT molecular complexity index is 804. The molecule has 2 amide bonds. The molecular weight excluding hydrogens is 350 g/mol. The standard InChI is InChI=1S/C23H31N3O2/c1-15-4-6-16(7-5-15)23-8-17(23)13-26(14-23)21(28)20(27)24-18-9-22(10-18)11-19(12-22)25(2)3/h4-7,17-19H,8-14H2,1-3H3,(H,24,27)/t17-,18?,19?,22?,23+/m0/s1. The molecule has 3 aliphatic carbocycles. The van der Waals surface area contributed by atoms with E-state index in [4.69, 9.17) is 0 Å². The van der Waals surface area contributed by atoms with Gasteiger partial charge in [-0.1, -0.05) is 29.8 Å². The average molecular weight is 382 g/mol. The molecule has 0 unspecified atom stereocenters. The van der Waals surface area contributed by atoms with Crippen LogP contribution in [0.1, 0.15) is 43.2 Å². The van der Waals surface area contributed by atoms with Crippen molar-refractivity contribution in [2.75, 3.05) is 27.2 Å². The summed E-state index contributed by atoms with van der Waals surface area (Å²) < 4.78 is 0. The van der Waals surface area contributed by atoms with Gasteiger partial charge >= 0.3 is 11.8 Å². The van der Waals surface area contributed by atoms with E-state index in [1.807, 2.05) is 0 Å². The Hall–Kier alpha value is -1.88. The maximum Gasteiger partial charge on any atom is 0.311 e. The zero-order chi connectivity index (χ0) is 19.7. The number of aryl methyl sites for hydroxylation is 1. The number of carbonyl (C=O) groups excluding carboxylic acids is 2. The third-order valence-corrected chi connectivity index (χ3v) is 8.02. The molecular formula is C23H31N3O2. The van der Waals surface area contributed by atoms with Crippen molar-refractivity contribution in [2.24, 2.45) is 11.3 Å². The van der Waals surface area contributed by atoms with Crippen LogP contribution in [0, 0.1) is 18.3 Å². The van der Waals surface area contributed by atoms with Gasteiger partial charge in [0.1, 0.15) is 0 Å². The van der Waals surface area contributed by atoms with E-state index in [0.29, 0.717) is 23.9 Å². The minimum atomic E-state index is -0.399. The lowest BCUT2D eigenvalue weighted by Crippen LogP contribution is -2.61. The van der Waals surface area contributed by atoms with Crippen LogP contribution >= 0.6 is 0 Å². The quantitative estimate of drug-likeness (QED) is 0.816. The predicted octanol–water partition coefficient (Wildman–Crippen LogP) is 2.08. The summed E-state index contributed by atoms with van der Waals surface area (Å²) in [6.07, 6.45) is 5.67. The number of carbonyl (C=O) groups is 2. The van der Waals surface area contributed by atoms with E-state index < -0.39 is 5.91 Å². The molecule has 5 nitrogen and oxygen atoms in total. The predicted molar refractivity (Wildman–Crippen MR) is 108 cm³/mol. The first-order valence-corrected chi connectivity index (χ1v) is 10.6. The molecule has 1 N–H and O–H groups in total. The Labute approximate surface area is 167 Å². The smallest absolute Gasteiger partial charge is 0.311 e. The van der Waals surface area contributed by atoms with Crippen LogP contribution in [-0.4, -0.2) is 60.9 Å². The van der Waals surface area contributed by atoms with Crippen molar-refractivity contribution >= 4 is 11.8 Å². The molecule has 1 saturated heterocycles. The highest BCUT2D eigenvalue weighted by Gasteiger charge is 2.62. The summed E-state index contributed by atoms with van der Waals surface area (Å²) in [7, 11) is 4.27. The van der Waals surface area contributed by atoms with Crippen LogP contribution in [-0.2, 0) is 15.0 Å². The fraction of sp³-hybridized carbons (Fsp3) is 0.652. The van der Waals surface area contributed by atoms with Crippen LogP contribution in [0.15, 0.2) is 24.3 Å². The van der Waals surface area contributed by atoms with Crippen LogP contribution in [0.2, 0.25) is 0 Å². The minimum absolute atomic E-state index is 0.0945. The van der Waals surface area contributed by atoms with E-state index in [1.165, 1.54) is 24.0 Å². The number of piperidine rings is 1. The molecule has 0 aromatic heterocycles. The third-order valence-electron chi connectivity index (χ3n) is 8.02. The van der Waals surface area contributed by atoms with Gasteiger partial charge in [-0.25, -0.2) is 0 Å². The first kappa shape index (κ1) is 18.2. The summed E-state index contributed by atoms with van der Waals surface area (Å²) in [5, 5.41) is 3.01. The van der Waals surface area contributed by atoms with Crippen LogP contribution < -0.4 is 5.32 Å². The molecule has 1 aromatic carbocycles. The van der Waals surface area contributed by atoms with E-state index in [9.17, 15) is 9.59 Å². The molecule has 5 heteroatoms. The van der Waals surface area contributed by atoms with Crippen molar-refractivity contribution in [1.29, 1.82) is 0 Å². The van der Waals surface area contributed by atoms with Crippen LogP contribution in [0.4, 0.5) is 0 Å². The molecule has 4 fully saturated rings. The normalized spacial score (nSPS) is 38.0. The third kappa shape index (κ3) is 2.78. The van der Waals surface area contributed by atoms with Gasteiger partial charge < -0.3 is 15.1 Å². The summed E-state index contributed by atoms with van der Waals surface area (Å²) in [5.74, 6) is -0.222. The lowest BCUT2D eigenvalue weighted by molar-refractivity contribution is -0.147. The largest absolute Gasteiger partial charge is 0.345 e. The molecule has 4 aliphatic rings. The summed E-state index contributed by atoms with van der Waals surface area (Å²) in [6, 6.07) is 9.54. The Morgan fingerprint density at radius 3 is 2.39 bits per heavy atom. The second kappa shape index (κ2) is 6.06. The fourth-order valence-electron chi connectivity index (χ4n) is 6.09. The highest BCUT2D eigenvalue weighted by Crippen LogP contribution is 2.59. The van der Waals surface area contributed by atoms with Crippen molar-refractivity contribution < 1.29 is 9.59 Å². The lowest BCUT2D eigenvalue weighted by Gasteiger charge is -2.59. The summed E-state index contributed by atoms with van der Waals surface area (Å²) >= 11 is 0. The van der Waals surface area contributed by atoms with Crippen molar-refractivity contribution in [3.8, 4) is 0 Å². The minimum Gasteiger partial charge on any atom is -0.345 e. The number of hydrogen-bond donors (Lipinski definition) is 1. The lowest BCUT2D eigenvalue weighted by atomic mass is 9.52. The second-order valence-electron chi connectivity index (χ2n) is 10.2. The van der Waals surface area contributed by atoms with Gasteiger partial charge in [-0.2, -0.15) is 0 Å². The van der Waals surface area contributed by atoms with E-state index in [0.717, 1.165) is 25.8 Å². The van der Waals surface area contributed by atoms with E-state index >= 15 is 0 Å². The molecule has 5 rings (SSSR count). The molecule has 28 heavy (non-hydrogen) atoms. The maximum absolute atomic E-state index is 12.7. The zero-order valence-electron chi connectivity index (χ0n) is 17.2. The Balaban J connectivity index is 1.13. The molecule has 0 radical (unpaired) electrons. The number of likely N-dealkylation sites (tertiary alicyclic amines) is 1. The molecule has 150 valence electrons. The van der Waals surface area contributed by atoms with Gasteiger partial charge in [0, 0.05) is 30.6 Å². The van der Waals surface area contributed by atoms with Gasteiger partial charge in [0.2, 0.25) is 0 Å². The van der Waals surface area contributed by atoms with Crippen molar-refractivity contribution in [3.63, 3.8) is 0 Å². The van der Waals surface area contributed by atoms with Crippen molar-refractivity contribution in [3.05, 3.63) is 35.4 Å². The monoisotopic (exact) mass is 381 g/mol. The maximum atomic E-state index is 12.7. The zero-order valence-corrected chi connectivity index (χ0v) is 17.2. The van der Waals surface area contributed by atoms with E-state index in [1.54, 1.807) is 4.90 Å².